The monoisotopic (exact) mass is 306 g/mol. The van der Waals surface area contributed by atoms with Gasteiger partial charge in [-0.05, 0) is 25.5 Å². The van der Waals surface area contributed by atoms with Crippen molar-refractivity contribution in [1.29, 1.82) is 0 Å². The van der Waals surface area contributed by atoms with E-state index >= 15 is 0 Å². The number of halogens is 2. The van der Waals surface area contributed by atoms with Crippen LogP contribution < -0.4 is 4.90 Å². The molecule has 0 N–H and O–H groups in total. The Balaban J connectivity index is 1.96. The van der Waals surface area contributed by atoms with E-state index in [1.807, 2.05) is 19.9 Å². The van der Waals surface area contributed by atoms with Gasteiger partial charge in [0.15, 0.2) is 5.82 Å². The van der Waals surface area contributed by atoms with Crippen LogP contribution in [0.1, 0.15) is 11.3 Å². The molecule has 21 heavy (non-hydrogen) atoms. The summed E-state index contributed by atoms with van der Waals surface area (Å²) in [5.41, 5.74) is 2.85. The molecule has 1 fully saturated rings. The van der Waals surface area contributed by atoms with Crippen LogP contribution in [0.3, 0.4) is 0 Å². The van der Waals surface area contributed by atoms with E-state index in [-0.39, 0.29) is 13.1 Å². The van der Waals surface area contributed by atoms with Crippen LogP contribution in [0.4, 0.5) is 14.6 Å². The quantitative estimate of drug-likeness (QED) is 0.692. The zero-order valence-electron chi connectivity index (χ0n) is 11.5. The van der Waals surface area contributed by atoms with Crippen molar-refractivity contribution in [2.75, 3.05) is 18.0 Å². The fourth-order valence-electron chi connectivity index (χ4n) is 2.78. The van der Waals surface area contributed by atoms with Crippen molar-refractivity contribution in [2.24, 2.45) is 0 Å². The lowest BCUT2D eigenvalue weighted by atomic mass is 10.1. The first-order valence-corrected chi connectivity index (χ1v) is 7.40. The van der Waals surface area contributed by atoms with E-state index in [4.69, 9.17) is 0 Å². The van der Waals surface area contributed by atoms with E-state index in [0.29, 0.717) is 5.82 Å². The van der Waals surface area contributed by atoms with Gasteiger partial charge in [0.2, 0.25) is 0 Å². The lowest BCUT2D eigenvalue weighted by Gasteiger charge is -2.39. The van der Waals surface area contributed by atoms with Gasteiger partial charge in [0.25, 0.3) is 5.92 Å². The number of thiophene rings is 1. The van der Waals surface area contributed by atoms with E-state index in [0.717, 1.165) is 31.7 Å². The molecule has 0 saturated carbocycles. The molecule has 4 rings (SSSR count). The molecule has 0 aromatic carbocycles. The van der Waals surface area contributed by atoms with Crippen LogP contribution >= 0.6 is 11.3 Å². The predicted octanol–water partition coefficient (Wildman–Crippen LogP) is 3.31. The first kappa shape index (κ1) is 12.8. The third-order valence-corrected chi connectivity index (χ3v) is 4.74. The number of rotatable bonds is 1. The number of aromatic nitrogens is 3. The highest BCUT2D eigenvalue weighted by Gasteiger charge is 2.45. The number of fused-ring (bicyclic) bond motifs is 3. The standard InChI is InChI=1S/C14H12F2N4S/c1-7-3-8(2)19-13-9(7)10-11(21-13)12(18-6-17-10)20-4-14(15,16)5-20/h3,6H,4-5H2,1-2H3. The van der Waals surface area contributed by atoms with Gasteiger partial charge in [-0.1, -0.05) is 0 Å². The van der Waals surface area contributed by atoms with E-state index in [1.54, 1.807) is 4.90 Å². The first-order chi connectivity index (χ1) is 9.94. The molecule has 7 heteroatoms. The largest absolute Gasteiger partial charge is 0.343 e. The van der Waals surface area contributed by atoms with Gasteiger partial charge < -0.3 is 4.90 Å². The van der Waals surface area contributed by atoms with Crippen molar-refractivity contribution in [1.82, 2.24) is 15.0 Å². The molecule has 4 heterocycles. The Morgan fingerprint density at radius 3 is 2.71 bits per heavy atom. The molecule has 1 saturated heterocycles. The molecule has 0 unspecified atom stereocenters. The molecule has 0 spiro atoms. The zero-order valence-corrected chi connectivity index (χ0v) is 12.3. The molecular formula is C14H12F2N4S. The Morgan fingerprint density at radius 1 is 1.24 bits per heavy atom. The number of hydrogen-bond donors (Lipinski definition) is 0. The Bertz CT molecular complexity index is 866. The van der Waals surface area contributed by atoms with Gasteiger partial charge >= 0.3 is 0 Å². The van der Waals surface area contributed by atoms with Gasteiger partial charge in [-0.25, -0.2) is 23.7 Å². The average Bonchev–Trinajstić information content (AvgIpc) is 2.73. The van der Waals surface area contributed by atoms with Crippen LogP contribution in [-0.2, 0) is 0 Å². The molecule has 0 radical (unpaired) electrons. The molecule has 1 aliphatic heterocycles. The molecule has 0 amide bonds. The van der Waals surface area contributed by atoms with Crippen LogP contribution in [0.15, 0.2) is 12.4 Å². The van der Waals surface area contributed by atoms with Crippen molar-refractivity contribution in [3.05, 3.63) is 23.7 Å². The maximum atomic E-state index is 13.1. The first-order valence-electron chi connectivity index (χ1n) is 6.59. The normalized spacial score (nSPS) is 17.4. The summed E-state index contributed by atoms with van der Waals surface area (Å²) >= 11 is 1.47. The Hall–Kier alpha value is -1.89. The molecule has 1 aliphatic rings. The van der Waals surface area contributed by atoms with Crippen molar-refractivity contribution >= 4 is 37.6 Å². The van der Waals surface area contributed by atoms with Crippen LogP contribution in [0.25, 0.3) is 20.4 Å². The second kappa shape index (κ2) is 4.07. The third kappa shape index (κ3) is 1.87. The fraction of sp³-hybridized carbons (Fsp3) is 0.357. The summed E-state index contributed by atoms with van der Waals surface area (Å²) < 4.78 is 27.0. The lowest BCUT2D eigenvalue weighted by molar-refractivity contribution is -0.0265. The highest BCUT2D eigenvalue weighted by Crippen LogP contribution is 2.40. The number of anilines is 1. The van der Waals surface area contributed by atoms with Crippen molar-refractivity contribution in [3.63, 3.8) is 0 Å². The SMILES string of the molecule is Cc1cc(C)c2c(n1)sc1c(N3CC(F)(F)C3)ncnc12. The number of aryl methyl sites for hydroxylation is 2. The maximum absolute atomic E-state index is 13.1. The topological polar surface area (TPSA) is 41.9 Å². The Labute approximate surface area is 123 Å². The lowest BCUT2D eigenvalue weighted by Crippen LogP contribution is -2.56. The van der Waals surface area contributed by atoms with Crippen molar-refractivity contribution < 1.29 is 8.78 Å². The van der Waals surface area contributed by atoms with Crippen molar-refractivity contribution in [3.8, 4) is 0 Å². The summed E-state index contributed by atoms with van der Waals surface area (Å²) in [5.74, 6) is -2.02. The average molecular weight is 306 g/mol. The molecule has 108 valence electrons. The predicted molar refractivity (Wildman–Crippen MR) is 79.4 cm³/mol. The van der Waals surface area contributed by atoms with Gasteiger partial charge in [-0.2, -0.15) is 0 Å². The van der Waals surface area contributed by atoms with Gasteiger partial charge in [-0.3, -0.25) is 0 Å². The highest BCUT2D eigenvalue weighted by molar-refractivity contribution is 7.26. The van der Waals surface area contributed by atoms with E-state index < -0.39 is 5.92 Å². The van der Waals surface area contributed by atoms with Crippen LogP contribution in [0.5, 0.6) is 0 Å². The van der Waals surface area contributed by atoms with Crippen LogP contribution in [0, 0.1) is 13.8 Å². The Kier molecular flexibility index (Phi) is 2.48. The van der Waals surface area contributed by atoms with Gasteiger partial charge in [-0.15, -0.1) is 11.3 Å². The van der Waals surface area contributed by atoms with Gasteiger partial charge in [0, 0.05) is 11.1 Å². The van der Waals surface area contributed by atoms with E-state index in [2.05, 4.69) is 15.0 Å². The van der Waals surface area contributed by atoms with Gasteiger partial charge in [0.05, 0.1) is 23.3 Å². The zero-order chi connectivity index (χ0) is 14.8. The number of nitrogens with zero attached hydrogens (tertiary/aromatic N) is 4. The molecule has 3 aromatic rings. The maximum Gasteiger partial charge on any atom is 0.282 e. The molecular weight excluding hydrogens is 294 g/mol. The van der Waals surface area contributed by atoms with Crippen LogP contribution in [-0.4, -0.2) is 34.0 Å². The summed E-state index contributed by atoms with van der Waals surface area (Å²) in [5, 5.41) is 0.997. The molecule has 0 atom stereocenters. The summed E-state index contributed by atoms with van der Waals surface area (Å²) in [4.78, 5) is 15.6. The van der Waals surface area contributed by atoms with E-state index in [9.17, 15) is 8.78 Å². The number of pyridine rings is 1. The second-order valence-electron chi connectivity index (χ2n) is 5.45. The third-order valence-electron chi connectivity index (χ3n) is 3.68. The minimum absolute atomic E-state index is 0.279. The summed E-state index contributed by atoms with van der Waals surface area (Å²) in [6.45, 7) is 3.40. The second-order valence-corrected chi connectivity index (χ2v) is 6.45. The number of alkyl halides is 2. The minimum atomic E-state index is -2.61. The fourth-order valence-corrected chi connectivity index (χ4v) is 4.05. The minimum Gasteiger partial charge on any atom is -0.343 e. The summed E-state index contributed by atoms with van der Waals surface area (Å²) in [6.07, 6.45) is 1.44. The smallest absolute Gasteiger partial charge is 0.282 e. The van der Waals surface area contributed by atoms with Crippen molar-refractivity contribution in [2.45, 2.75) is 19.8 Å². The molecule has 3 aromatic heterocycles. The molecule has 0 bridgehead atoms. The van der Waals surface area contributed by atoms with Gasteiger partial charge in [0.1, 0.15) is 11.2 Å². The number of hydrogen-bond acceptors (Lipinski definition) is 5. The highest BCUT2D eigenvalue weighted by atomic mass is 32.1. The van der Waals surface area contributed by atoms with Crippen LogP contribution in [0.2, 0.25) is 0 Å². The Morgan fingerprint density at radius 2 is 2.00 bits per heavy atom. The van der Waals surface area contributed by atoms with E-state index in [1.165, 1.54) is 17.7 Å². The molecule has 0 aliphatic carbocycles. The summed E-state index contributed by atoms with van der Waals surface area (Å²) in [6, 6.07) is 2.01. The summed E-state index contributed by atoms with van der Waals surface area (Å²) in [7, 11) is 0. The molecule has 4 nitrogen and oxygen atoms in total.